The van der Waals surface area contributed by atoms with Gasteiger partial charge >= 0.3 is 0 Å². The predicted molar refractivity (Wildman–Crippen MR) is 87.3 cm³/mol. The topological polar surface area (TPSA) is 80.9 Å². The van der Waals surface area contributed by atoms with Gasteiger partial charge in [-0.25, -0.2) is 4.39 Å². The van der Waals surface area contributed by atoms with Crippen LogP contribution in [0.5, 0.6) is 0 Å². The highest BCUT2D eigenvalue weighted by Gasteiger charge is 2.18. The highest BCUT2D eigenvalue weighted by molar-refractivity contribution is 7.09. The molecule has 0 saturated heterocycles. The smallest absolute Gasteiger partial charge is 0.265 e. The predicted octanol–water partition coefficient (Wildman–Crippen LogP) is 2.86. The van der Waals surface area contributed by atoms with E-state index in [2.05, 4.69) is 14.7 Å². The molecule has 0 bridgehead atoms. The van der Waals surface area contributed by atoms with Gasteiger partial charge in [-0.3, -0.25) is 9.78 Å². The molecule has 23 heavy (non-hydrogen) atoms. The van der Waals surface area contributed by atoms with Crippen LogP contribution in [-0.2, 0) is 6.54 Å². The number of carbonyl (C=O) groups excluding carboxylic acids is 1. The van der Waals surface area contributed by atoms with Gasteiger partial charge in [0.05, 0.1) is 5.69 Å². The molecule has 3 rings (SSSR count). The molecule has 5 nitrogen and oxygen atoms in total. The number of halogens is 1. The van der Waals surface area contributed by atoms with Gasteiger partial charge in [0.25, 0.3) is 5.91 Å². The minimum absolute atomic E-state index is 0.0907. The van der Waals surface area contributed by atoms with Crippen LogP contribution in [0.3, 0.4) is 0 Å². The number of nitrogens with two attached hydrogens (primary N) is 1. The first kappa shape index (κ1) is 15.1. The van der Waals surface area contributed by atoms with Gasteiger partial charge in [0, 0.05) is 30.1 Å². The van der Waals surface area contributed by atoms with Crippen molar-refractivity contribution in [3.63, 3.8) is 0 Å². The van der Waals surface area contributed by atoms with Crippen LogP contribution in [0.1, 0.15) is 15.2 Å². The van der Waals surface area contributed by atoms with Crippen molar-refractivity contribution < 1.29 is 9.18 Å². The minimum atomic E-state index is -0.372. The van der Waals surface area contributed by atoms with Gasteiger partial charge in [0.1, 0.15) is 16.4 Å². The van der Waals surface area contributed by atoms with Gasteiger partial charge in [0.2, 0.25) is 0 Å². The normalized spacial score (nSPS) is 10.5. The monoisotopic (exact) mass is 328 g/mol. The Balaban J connectivity index is 1.76. The summed E-state index contributed by atoms with van der Waals surface area (Å²) in [6.07, 6.45) is 3.26. The summed E-state index contributed by atoms with van der Waals surface area (Å²) in [5.41, 5.74) is 8.10. The van der Waals surface area contributed by atoms with E-state index in [1.807, 2.05) is 0 Å². The summed E-state index contributed by atoms with van der Waals surface area (Å²) in [6.45, 7) is 0.0907. The maximum absolute atomic E-state index is 13.6. The number of benzene rings is 1. The highest BCUT2D eigenvalue weighted by atomic mass is 32.1. The summed E-state index contributed by atoms with van der Waals surface area (Å²) in [7, 11) is 0. The number of nitrogen functional groups attached to an aromatic ring is 1. The lowest BCUT2D eigenvalue weighted by molar-refractivity contribution is 0.0955. The van der Waals surface area contributed by atoms with Crippen LogP contribution in [0.15, 0.2) is 48.8 Å². The number of nitrogens with one attached hydrogen (secondary N) is 1. The summed E-state index contributed by atoms with van der Waals surface area (Å²) in [5, 5.41) is 2.66. The van der Waals surface area contributed by atoms with E-state index >= 15 is 0 Å². The van der Waals surface area contributed by atoms with Crippen molar-refractivity contribution in [3.8, 4) is 11.3 Å². The Kier molecular flexibility index (Phi) is 4.29. The molecule has 0 spiro atoms. The first-order valence-electron chi connectivity index (χ1n) is 6.84. The molecule has 116 valence electrons. The molecule has 0 atom stereocenters. The van der Waals surface area contributed by atoms with Crippen molar-refractivity contribution >= 4 is 23.1 Å². The van der Waals surface area contributed by atoms with E-state index in [0.29, 0.717) is 21.8 Å². The van der Waals surface area contributed by atoms with Gasteiger partial charge < -0.3 is 11.1 Å². The van der Waals surface area contributed by atoms with Crippen LogP contribution in [-0.4, -0.2) is 15.3 Å². The molecule has 0 unspecified atom stereocenters. The zero-order valence-corrected chi connectivity index (χ0v) is 12.8. The van der Waals surface area contributed by atoms with Crippen LogP contribution >= 0.6 is 11.5 Å². The number of anilines is 1. The molecule has 0 aliphatic heterocycles. The van der Waals surface area contributed by atoms with Gasteiger partial charge in [-0.05, 0) is 29.7 Å². The molecule has 2 aromatic heterocycles. The lowest BCUT2D eigenvalue weighted by atomic mass is 10.1. The summed E-state index contributed by atoms with van der Waals surface area (Å²) in [5.74, 6) is -0.730. The van der Waals surface area contributed by atoms with Gasteiger partial charge in [-0.15, -0.1) is 0 Å². The minimum Gasteiger partial charge on any atom is -0.396 e. The number of nitrogens with zero attached hydrogens (tertiary/aromatic N) is 2. The van der Waals surface area contributed by atoms with E-state index < -0.39 is 0 Å². The van der Waals surface area contributed by atoms with Crippen LogP contribution in [0.4, 0.5) is 10.1 Å². The van der Waals surface area contributed by atoms with Crippen molar-refractivity contribution in [1.29, 1.82) is 0 Å². The quantitative estimate of drug-likeness (QED) is 0.772. The second kappa shape index (κ2) is 6.53. The molecule has 0 aliphatic rings. The number of rotatable bonds is 4. The molecule has 0 aliphatic carbocycles. The molecule has 3 aromatic rings. The van der Waals surface area contributed by atoms with E-state index in [-0.39, 0.29) is 18.3 Å². The number of carbonyl (C=O) groups is 1. The number of aromatic nitrogens is 2. The number of hydrogen-bond acceptors (Lipinski definition) is 5. The Labute approximate surface area is 136 Å². The van der Waals surface area contributed by atoms with Crippen molar-refractivity contribution in [2.45, 2.75) is 6.54 Å². The Bertz CT molecular complexity index is 835. The standard InChI is InChI=1S/C16H13FN4OS/c17-12-4-2-1-3-11(12)9-20-16(22)15-13(18)14(21-23-15)10-5-7-19-8-6-10/h1-8H,9,18H2,(H,20,22). The SMILES string of the molecule is Nc1c(-c2ccncc2)nsc1C(=O)NCc1ccccc1F. The van der Waals surface area contributed by atoms with Gasteiger partial charge in [0.15, 0.2) is 0 Å². The Hall–Kier alpha value is -2.80. The van der Waals surface area contributed by atoms with E-state index in [4.69, 9.17) is 5.73 Å². The molecule has 1 aromatic carbocycles. The molecule has 3 N–H and O–H groups in total. The summed E-state index contributed by atoms with van der Waals surface area (Å²) in [6, 6.07) is 9.83. The van der Waals surface area contributed by atoms with Crippen molar-refractivity contribution in [1.82, 2.24) is 14.7 Å². The van der Waals surface area contributed by atoms with E-state index in [1.54, 1.807) is 42.7 Å². The maximum atomic E-state index is 13.6. The summed E-state index contributed by atoms with van der Waals surface area (Å²) in [4.78, 5) is 16.5. The lowest BCUT2D eigenvalue weighted by Gasteiger charge is -2.05. The van der Waals surface area contributed by atoms with Crippen LogP contribution in [0, 0.1) is 5.82 Å². The average molecular weight is 328 g/mol. The Morgan fingerprint density at radius 2 is 1.96 bits per heavy atom. The molecule has 0 radical (unpaired) electrons. The highest BCUT2D eigenvalue weighted by Crippen LogP contribution is 2.30. The largest absolute Gasteiger partial charge is 0.396 e. The average Bonchev–Trinajstić information content (AvgIpc) is 2.96. The maximum Gasteiger partial charge on any atom is 0.265 e. The van der Waals surface area contributed by atoms with Crippen molar-refractivity contribution in [2.24, 2.45) is 0 Å². The zero-order valence-electron chi connectivity index (χ0n) is 12.0. The van der Waals surface area contributed by atoms with Gasteiger partial charge in [-0.2, -0.15) is 4.37 Å². The third kappa shape index (κ3) is 3.19. The second-order valence-corrected chi connectivity index (χ2v) is 5.56. The third-order valence-corrected chi connectivity index (χ3v) is 4.15. The molecule has 1 amide bonds. The van der Waals surface area contributed by atoms with E-state index in [0.717, 1.165) is 17.1 Å². The fourth-order valence-corrected chi connectivity index (χ4v) is 2.81. The number of amides is 1. The second-order valence-electron chi connectivity index (χ2n) is 4.78. The van der Waals surface area contributed by atoms with Gasteiger partial charge in [-0.1, -0.05) is 18.2 Å². The summed E-state index contributed by atoms with van der Waals surface area (Å²) < 4.78 is 17.8. The molecular weight excluding hydrogens is 315 g/mol. The first-order chi connectivity index (χ1) is 11.2. The Morgan fingerprint density at radius 1 is 1.22 bits per heavy atom. The Morgan fingerprint density at radius 3 is 2.70 bits per heavy atom. The summed E-state index contributed by atoms with van der Waals surface area (Å²) >= 11 is 1.02. The number of hydrogen-bond donors (Lipinski definition) is 2. The van der Waals surface area contributed by atoms with Crippen molar-refractivity contribution in [2.75, 3.05) is 5.73 Å². The first-order valence-corrected chi connectivity index (χ1v) is 7.61. The molecule has 2 heterocycles. The molecular formula is C16H13FN4OS. The van der Waals surface area contributed by atoms with E-state index in [9.17, 15) is 9.18 Å². The third-order valence-electron chi connectivity index (χ3n) is 3.29. The molecule has 7 heteroatoms. The zero-order chi connectivity index (χ0) is 16.2. The molecule has 0 saturated carbocycles. The van der Waals surface area contributed by atoms with Crippen LogP contribution < -0.4 is 11.1 Å². The number of pyridine rings is 1. The van der Waals surface area contributed by atoms with Crippen molar-refractivity contribution in [3.05, 3.63) is 65.0 Å². The fourth-order valence-electron chi connectivity index (χ4n) is 2.08. The molecule has 0 fully saturated rings. The van der Waals surface area contributed by atoms with Crippen LogP contribution in [0.25, 0.3) is 11.3 Å². The van der Waals surface area contributed by atoms with E-state index in [1.165, 1.54) is 6.07 Å². The van der Waals surface area contributed by atoms with Crippen LogP contribution in [0.2, 0.25) is 0 Å². The fraction of sp³-hybridized carbons (Fsp3) is 0.0625. The lowest BCUT2D eigenvalue weighted by Crippen LogP contribution is -2.23.